The second kappa shape index (κ2) is 5.55. The molecule has 0 amide bonds. The number of hydrogen-bond acceptors (Lipinski definition) is 2. The zero-order valence-corrected chi connectivity index (χ0v) is 13.0. The van der Waals surface area contributed by atoms with Gasteiger partial charge in [0.1, 0.15) is 10.4 Å². The molecule has 0 aliphatic heterocycles. The van der Waals surface area contributed by atoms with Crippen molar-refractivity contribution >= 4 is 39.1 Å². The Morgan fingerprint density at radius 3 is 2.17 bits per heavy atom. The van der Waals surface area contributed by atoms with E-state index in [1.54, 1.807) is 6.07 Å². The number of halogens is 3. The van der Waals surface area contributed by atoms with E-state index in [0.29, 0.717) is 10.0 Å². The van der Waals surface area contributed by atoms with Crippen molar-refractivity contribution in [1.29, 1.82) is 0 Å². The standard InChI is InChI=1S/C13H11BrCl2N2/c1-7(2)13-17-11(6-12(14)18-13)8-3-9(15)5-10(16)4-8/h3-7H,1-2H3. The van der Waals surface area contributed by atoms with Crippen molar-refractivity contribution in [3.8, 4) is 11.3 Å². The molecule has 0 atom stereocenters. The fraction of sp³-hybridized carbons (Fsp3) is 0.231. The largest absolute Gasteiger partial charge is 0.233 e. The van der Waals surface area contributed by atoms with Gasteiger partial charge in [-0.3, -0.25) is 0 Å². The van der Waals surface area contributed by atoms with Crippen LogP contribution in [0.15, 0.2) is 28.9 Å². The van der Waals surface area contributed by atoms with Crippen molar-refractivity contribution in [2.75, 3.05) is 0 Å². The Morgan fingerprint density at radius 1 is 1.00 bits per heavy atom. The molecular formula is C13H11BrCl2N2. The molecule has 0 bridgehead atoms. The fourth-order valence-electron chi connectivity index (χ4n) is 1.54. The monoisotopic (exact) mass is 344 g/mol. The smallest absolute Gasteiger partial charge is 0.132 e. The van der Waals surface area contributed by atoms with Gasteiger partial charge in [0.25, 0.3) is 0 Å². The maximum absolute atomic E-state index is 6.00. The van der Waals surface area contributed by atoms with Gasteiger partial charge in [0.2, 0.25) is 0 Å². The van der Waals surface area contributed by atoms with E-state index in [4.69, 9.17) is 23.2 Å². The fourth-order valence-corrected chi connectivity index (χ4v) is 2.47. The molecule has 0 saturated carbocycles. The van der Waals surface area contributed by atoms with Gasteiger partial charge in [-0.05, 0) is 40.2 Å². The Labute approximate surface area is 124 Å². The minimum absolute atomic E-state index is 0.260. The molecule has 1 aromatic carbocycles. The lowest BCUT2D eigenvalue weighted by Crippen LogP contribution is -1.99. The molecule has 0 aliphatic rings. The summed E-state index contributed by atoms with van der Waals surface area (Å²) in [5.74, 6) is 1.05. The molecule has 5 heteroatoms. The first-order valence-corrected chi connectivity index (χ1v) is 7.01. The molecule has 18 heavy (non-hydrogen) atoms. The number of hydrogen-bond donors (Lipinski definition) is 0. The molecule has 0 fully saturated rings. The third-order valence-corrected chi connectivity index (χ3v) is 3.23. The average molecular weight is 346 g/mol. The number of aromatic nitrogens is 2. The summed E-state index contributed by atoms with van der Waals surface area (Å²) in [5.41, 5.74) is 1.70. The Bertz CT molecular complexity index is 565. The predicted molar refractivity (Wildman–Crippen MR) is 79.3 cm³/mol. The normalized spacial score (nSPS) is 11.0. The van der Waals surface area contributed by atoms with Gasteiger partial charge in [-0.15, -0.1) is 0 Å². The van der Waals surface area contributed by atoms with E-state index in [1.165, 1.54) is 0 Å². The summed E-state index contributed by atoms with van der Waals surface area (Å²) < 4.78 is 0.757. The van der Waals surface area contributed by atoms with E-state index in [2.05, 4.69) is 39.7 Å². The van der Waals surface area contributed by atoms with Crippen molar-refractivity contribution in [3.05, 3.63) is 44.7 Å². The molecule has 0 aliphatic carbocycles. The number of nitrogens with zero attached hydrogens (tertiary/aromatic N) is 2. The van der Waals surface area contributed by atoms with Crippen molar-refractivity contribution in [2.24, 2.45) is 0 Å². The van der Waals surface area contributed by atoms with Crippen LogP contribution in [0.25, 0.3) is 11.3 Å². The van der Waals surface area contributed by atoms with E-state index < -0.39 is 0 Å². The quantitative estimate of drug-likeness (QED) is 0.687. The SMILES string of the molecule is CC(C)c1nc(Br)cc(-c2cc(Cl)cc(Cl)c2)n1. The Balaban J connectivity index is 2.56. The van der Waals surface area contributed by atoms with Crippen LogP contribution in [-0.4, -0.2) is 9.97 Å². The first kappa shape index (κ1) is 13.8. The third kappa shape index (κ3) is 3.22. The van der Waals surface area contributed by atoms with E-state index in [1.807, 2.05) is 18.2 Å². The van der Waals surface area contributed by atoms with Crippen LogP contribution in [0, 0.1) is 0 Å². The van der Waals surface area contributed by atoms with E-state index in [0.717, 1.165) is 21.7 Å². The molecular weight excluding hydrogens is 335 g/mol. The second-order valence-corrected chi connectivity index (χ2v) is 5.93. The zero-order chi connectivity index (χ0) is 13.3. The molecule has 2 rings (SSSR count). The maximum Gasteiger partial charge on any atom is 0.132 e. The van der Waals surface area contributed by atoms with Gasteiger partial charge >= 0.3 is 0 Å². The van der Waals surface area contributed by atoms with Gasteiger partial charge in [-0.1, -0.05) is 37.0 Å². The minimum Gasteiger partial charge on any atom is -0.233 e. The number of rotatable bonds is 2. The van der Waals surface area contributed by atoms with Crippen LogP contribution in [0.4, 0.5) is 0 Å². The topological polar surface area (TPSA) is 25.8 Å². The molecule has 1 heterocycles. The molecule has 94 valence electrons. The summed E-state index contributed by atoms with van der Waals surface area (Å²) in [6, 6.07) is 7.23. The summed E-state index contributed by atoms with van der Waals surface area (Å²) in [5, 5.41) is 1.19. The van der Waals surface area contributed by atoms with E-state index in [-0.39, 0.29) is 5.92 Å². The van der Waals surface area contributed by atoms with Crippen LogP contribution in [0.2, 0.25) is 10.0 Å². The molecule has 1 aromatic heterocycles. The van der Waals surface area contributed by atoms with Crippen molar-refractivity contribution in [3.63, 3.8) is 0 Å². The summed E-state index contributed by atoms with van der Waals surface area (Å²) in [4.78, 5) is 8.87. The highest BCUT2D eigenvalue weighted by Crippen LogP contribution is 2.28. The minimum atomic E-state index is 0.260. The van der Waals surface area contributed by atoms with Crippen LogP contribution >= 0.6 is 39.1 Å². The molecule has 2 aromatic rings. The van der Waals surface area contributed by atoms with Gasteiger partial charge in [0.15, 0.2) is 0 Å². The van der Waals surface area contributed by atoms with Gasteiger partial charge in [-0.25, -0.2) is 9.97 Å². The van der Waals surface area contributed by atoms with Crippen molar-refractivity contribution in [2.45, 2.75) is 19.8 Å². The van der Waals surface area contributed by atoms with Gasteiger partial charge in [0.05, 0.1) is 5.69 Å². The lowest BCUT2D eigenvalue weighted by Gasteiger charge is -2.08. The molecule has 2 nitrogen and oxygen atoms in total. The molecule has 0 spiro atoms. The third-order valence-electron chi connectivity index (χ3n) is 2.39. The van der Waals surface area contributed by atoms with Crippen LogP contribution < -0.4 is 0 Å². The highest BCUT2D eigenvalue weighted by atomic mass is 79.9. The first-order chi connectivity index (χ1) is 8.45. The maximum atomic E-state index is 6.00. The predicted octanol–water partition coefficient (Wildman–Crippen LogP) is 5.34. The zero-order valence-electron chi connectivity index (χ0n) is 9.92. The second-order valence-electron chi connectivity index (χ2n) is 4.25. The summed E-state index contributed by atoms with van der Waals surface area (Å²) in [6.07, 6.45) is 0. The van der Waals surface area contributed by atoms with Crippen LogP contribution in [0.1, 0.15) is 25.6 Å². The van der Waals surface area contributed by atoms with Gasteiger partial charge < -0.3 is 0 Å². The van der Waals surface area contributed by atoms with Crippen molar-refractivity contribution in [1.82, 2.24) is 9.97 Å². The Hall–Kier alpha value is -0.640. The highest BCUT2D eigenvalue weighted by molar-refractivity contribution is 9.10. The van der Waals surface area contributed by atoms with Crippen LogP contribution in [-0.2, 0) is 0 Å². The molecule has 0 unspecified atom stereocenters. The highest BCUT2D eigenvalue weighted by Gasteiger charge is 2.09. The van der Waals surface area contributed by atoms with E-state index in [9.17, 15) is 0 Å². The summed E-state index contributed by atoms with van der Waals surface area (Å²) >= 11 is 15.4. The molecule has 0 N–H and O–H groups in total. The van der Waals surface area contributed by atoms with Crippen LogP contribution in [0.3, 0.4) is 0 Å². The van der Waals surface area contributed by atoms with Crippen LogP contribution in [0.5, 0.6) is 0 Å². The van der Waals surface area contributed by atoms with Gasteiger partial charge in [-0.2, -0.15) is 0 Å². The number of benzene rings is 1. The Morgan fingerprint density at radius 2 is 1.61 bits per heavy atom. The summed E-state index contributed by atoms with van der Waals surface area (Å²) in [6.45, 7) is 4.10. The molecule has 0 saturated heterocycles. The lowest BCUT2D eigenvalue weighted by molar-refractivity contribution is 0.771. The molecule has 0 radical (unpaired) electrons. The van der Waals surface area contributed by atoms with Gasteiger partial charge in [0, 0.05) is 21.5 Å². The lowest BCUT2D eigenvalue weighted by atomic mass is 10.1. The first-order valence-electron chi connectivity index (χ1n) is 5.46. The van der Waals surface area contributed by atoms with Crippen molar-refractivity contribution < 1.29 is 0 Å². The summed E-state index contributed by atoms with van der Waals surface area (Å²) in [7, 11) is 0. The average Bonchev–Trinajstić information content (AvgIpc) is 2.26. The Kier molecular flexibility index (Phi) is 4.25. The van der Waals surface area contributed by atoms with E-state index >= 15 is 0 Å².